The molecule has 1 aromatic heterocycles. The molecule has 0 aliphatic carbocycles. The third-order valence-electron chi connectivity index (χ3n) is 3.48. The molecule has 132 valence electrons. The molecule has 0 saturated heterocycles. The second kappa shape index (κ2) is 7.27. The van der Waals surface area contributed by atoms with E-state index in [1.165, 1.54) is 0 Å². The molecule has 26 heavy (non-hydrogen) atoms. The van der Waals surface area contributed by atoms with Gasteiger partial charge in [0.25, 0.3) is 5.22 Å². The molecule has 1 aliphatic heterocycles. The summed E-state index contributed by atoms with van der Waals surface area (Å²) >= 11 is 7.01. The summed E-state index contributed by atoms with van der Waals surface area (Å²) in [5.74, 6) is 1.59. The minimum Gasteiger partial charge on any atom is -0.454 e. The quantitative estimate of drug-likeness (QED) is 0.663. The Morgan fingerprint density at radius 2 is 1.92 bits per heavy atom. The maximum Gasteiger partial charge on any atom is 0.277 e. The Labute approximate surface area is 157 Å². The summed E-state index contributed by atoms with van der Waals surface area (Å²) in [4.78, 5) is 12.1. The van der Waals surface area contributed by atoms with E-state index in [-0.39, 0.29) is 18.5 Å². The number of hydrogen-bond acceptors (Lipinski definition) is 7. The van der Waals surface area contributed by atoms with Crippen molar-refractivity contribution < 1.29 is 18.7 Å². The standard InChI is InChI=1S/C17H12ClN3O4S/c18-11-3-1-10(2-4-11)16-20-21-17(25-16)26-8-15(22)19-12-5-6-13-14(7-12)24-9-23-13/h1-7H,8-9H2,(H,19,22). The number of carbonyl (C=O) groups excluding carboxylic acids is 1. The summed E-state index contributed by atoms with van der Waals surface area (Å²) < 4.78 is 16.1. The van der Waals surface area contributed by atoms with Gasteiger partial charge in [-0.25, -0.2) is 0 Å². The third-order valence-corrected chi connectivity index (χ3v) is 4.55. The Morgan fingerprint density at radius 1 is 1.12 bits per heavy atom. The number of nitrogens with one attached hydrogen (secondary N) is 1. The highest BCUT2D eigenvalue weighted by molar-refractivity contribution is 7.99. The Balaban J connectivity index is 1.34. The number of rotatable bonds is 5. The second-order valence-electron chi connectivity index (χ2n) is 5.28. The molecule has 7 nitrogen and oxygen atoms in total. The molecule has 9 heteroatoms. The van der Waals surface area contributed by atoms with Gasteiger partial charge in [0.15, 0.2) is 11.5 Å². The van der Waals surface area contributed by atoms with Gasteiger partial charge in [-0.2, -0.15) is 0 Å². The van der Waals surface area contributed by atoms with Crippen LogP contribution in [0, 0.1) is 0 Å². The Kier molecular flexibility index (Phi) is 4.68. The molecule has 4 rings (SSSR count). The monoisotopic (exact) mass is 389 g/mol. The number of hydrogen-bond donors (Lipinski definition) is 1. The van der Waals surface area contributed by atoms with E-state index in [0.717, 1.165) is 17.3 Å². The molecule has 0 unspecified atom stereocenters. The average molecular weight is 390 g/mol. The molecule has 2 heterocycles. The average Bonchev–Trinajstić information content (AvgIpc) is 3.29. The van der Waals surface area contributed by atoms with Crippen molar-refractivity contribution in [1.82, 2.24) is 10.2 Å². The predicted octanol–water partition coefficient (Wildman–Crippen LogP) is 3.85. The van der Waals surface area contributed by atoms with Gasteiger partial charge in [0.2, 0.25) is 18.6 Å². The zero-order valence-corrected chi connectivity index (χ0v) is 14.8. The highest BCUT2D eigenvalue weighted by atomic mass is 35.5. The van der Waals surface area contributed by atoms with E-state index in [4.69, 9.17) is 25.5 Å². The highest BCUT2D eigenvalue weighted by Crippen LogP contribution is 2.34. The summed E-state index contributed by atoms with van der Waals surface area (Å²) in [6.07, 6.45) is 0. The van der Waals surface area contributed by atoms with Gasteiger partial charge in [-0.05, 0) is 36.4 Å². The first-order valence-electron chi connectivity index (χ1n) is 7.59. The summed E-state index contributed by atoms with van der Waals surface area (Å²) in [5, 5.41) is 11.6. The molecule has 0 bridgehead atoms. The van der Waals surface area contributed by atoms with Crippen LogP contribution in [-0.2, 0) is 4.79 Å². The van der Waals surface area contributed by atoms with E-state index < -0.39 is 0 Å². The van der Waals surface area contributed by atoms with E-state index >= 15 is 0 Å². The number of carbonyl (C=O) groups is 1. The van der Waals surface area contributed by atoms with Crippen LogP contribution >= 0.6 is 23.4 Å². The van der Waals surface area contributed by atoms with Gasteiger partial charge in [0, 0.05) is 22.3 Å². The van der Waals surface area contributed by atoms with Crippen molar-refractivity contribution >= 4 is 35.0 Å². The first-order valence-corrected chi connectivity index (χ1v) is 8.95. The Morgan fingerprint density at radius 3 is 2.77 bits per heavy atom. The first kappa shape index (κ1) is 16.7. The van der Waals surface area contributed by atoms with Gasteiger partial charge in [-0.3, -0.25) is 4.79 Å². The van der Waals surface area contributed by atoms with Crippen LogP contribution in [0.5, 0.6) is 11.5 Å². The summed E-state index contributed by atoms with van der Waals surface area (Å²) in [5.41, 5.74) is 1.39. The van der Waals surface area contributed by atoms with Gasteiger partial charge in [0.1, 0.15) is 0 Å². The van der Waals surface area contributed by atoms with E-state index in [0.29, 0.717) is 33.3 Å². The van der Waals surface area contributed by atoms with Crippen LogP contribution in [0.2, 0.25) is 5.02 Å². The highest BCUT2D eigenvalue weighted by Gasteiger charge is 2.15. The number of thioether (sulfide) groups is 1. The SMILES string of the molecule is O=C(CSc1nnc(-c2ccc(Cl)cc2)o1)Nc1ccc2c(c1)OCO2. The lowest BCUT2D eigenvalue weighted by Gasteiger charge is -2.05. The Hall–Kier alpha value is -2.71. The number of amides is 1. The van der Waals surface area contributed by atoms with Gasteiger partial charge in [-0.15, -0.1) is 10.2 Å². The maximum atomic E-state index is 12.1. The molecular formula is C17H12ClN3O4S. The van der Waals surface area contributed by atoms with Crippen molar-refractivity contribution in [3.05, 3.63) is 47.5 Å². The number of halogens is 1. The number of fused-ring (bicyclic) bond motifs is 1. The molecule has 1 N–H and O–H groups in total. The fraction of sp³-hybridized carbons (Fsp3) is 0.118. The minimum atomic E-state index is -0.194. The molecule has 0 radical (unpaired) electrons. The van der Waals surface area contributed by atoms with Gasteiger partial charge in [0.05, 0.1) is 5.75 Å². The van der Waals surface area contributed by atoms with Crippen LogP contribution in [0.3, 0.4) is 0 Å². The van der Waals surface area contributed by atoms with Crippen molar-refractivity contribution in [2.24, 2.45) is 0 Å². The fourth-order valence-corrected chi connectivity index (χ4v) is 2.97. The molecule has 0 atom stereocenters. The van der Waals surface area contributed by atoms with Crippen molar-refractivity contribution in [2.45, 2.75) is 5.22 Å². The third kappa shape index (κ3) is 3.76. The minimum absolute atomic E-state index is 0.136. The number of nitrogens with zero attached hydrogens (tertiary/aromatic N) is 2. The normalized spacial score (nSPS) is 12.2. The first-order chi connectivity index (χ1) is 12.7. The molecule has 2 aromatic carbocycles. The van der Waals surface area contributed by atoms with Crippen molar-refractivity contribution in [1.29, 1.82) is 0 Å². The topological polar surface area (TPSA) is 86.5 Å². The fourth-order valence-electron chi connectivity index (χ4n) is 2.28. The zero-order chi connectivity index (χ0) is 17.9. The van der Waals surface area contributed by atoms with Crippen LogP contribution in [0.1, 0.15) is 0 Å². The summed E-state index contributed by atoms with van der Waals surface area (Å²) in [7, 11) is 0. The van der Waals surface area contributed by atoms with Gasteiger partial charge < -0.3 is 19.2 Å². The van der Waals surface area contributed by atoms with E-state index in [1.807, 2.05) is 0 Å². The number of aromatic nitrogens is 2. The lowest BCUT2D eigenvalue weighted by Crippen LogP contribution is -2.13. The van der Waals surface area contributed by atoms with Gasteiger partial charge in [-0.1, -0.05) is 23.4 Å². The van der Waals surface area contributed by atoms with E-state index in [2.05, 4.69) is 15.5 Å². The number of anilines is 1. The van der Waals surface area contributed by atoms with Crippen LogP contribution in [0.25, 0.3) is 11.5 Å². The van der Waals surface area contributed by atoms with Crippen LogP contribution in [0.4, 0.5) is 5.69 Å². The van der Waals surface area contributed by atoms with Crippen molar-refractivity contribution in [2.75, 3.05) is 17.9 Å². The lowest BCUT2D eigenvalue weighted by atomic mass is 10.2. The molecule has 0 saturated carbocycles. The molecule has 0 spiro atoms. The molecular weight excluding hydrogens is 378 g/mol. The molecule has 0 fully saturated rings. The second-order valence-corrected chi connectivity index (χ2v) is 6.65. The Bertz CT molecular complexity index is 945. The summed E-state index contributed by atoms with van der Waals surface area (Å²) in [6, 6.07) is 12.3. The van der Waals surface area contributed by atoms with Crippen LogP contribution in [0.15, 0.2) is 52.1 Å². The van der Waals surface area contributed by atoms with Crippen LogP contribution < -0.4 is 14.8 Å². The van der Waals surface area contributed by atoms with Crippen LogP contribution in [-0.4, -0.2) is 28.7 Å². The largest absolute Gasteiger partial charge is 0.454 e. The summed E-state index contributed by atoms with van der Waals surface area (Å²) in [6.45, 7) is 0.190. The number of ether oxygens (including phenoxy) is 2. The van der Waals surface area contributed by atoms with E-state index in [9.17, 15) is 4.79 Å². The smallest absolute Gasteiger partial charge is 0.277 e. The molecule has 1 aliphatic rings. The number of benzene rings is 2. The maximum absolute atomic E-state index is 12.1. The lowest BCUT2D eigenvalue weighted by molar-refractivity contribution is -0.113. The zero-order valence-electron chi connectivity index (χ0n) is 13.3. The van der Waals surface area contributed by atoms with Crippen molar-refractivity contribution in [3.8, 4) is 23.0 Å². The molecule has 3 aromatic rings. The van der Waals surface area contributed by atoms with E-state index in [1.54, 1.807) is 42.5 Å². The van der Waals surface area contributed by atoms with Crippen molar-refractivity contribution in [3.63, 3.8) is 0 Å². The predicted molar refractivity (Wildman–Crippen MR) is 96.7 cm³/mol. The van der Waals surface area contributed by atoms with Gasteiger partial charge >= 0.3 is 0 Å². The molecule has 1 amide bonds.